The van der Waals surface area contributed by atoms with Crippen LogP contribution in [0.5, 0.6) is 0 Å². The number of likely N-dealkylation sites (N-methyl/N-ethyl adjacent to an activating group) is 1. The van der Waals surface area contributed by atoms with Gasteiger partial charge in [-0.05, 0) is 44.3 Å². The van der Waals surface area contributed by atoms with Crippen molar-refractivity contribution in [2.75, 3.05) is 19.6 Å². The Balaban J connectivity index is 2.62. The average molecular weight is 290 g/mol. The van der Waals surface area contributed by atoms with Gasteiger partial charge in [0, 0.05) is 18.6 Å². The summed E-state index contributed by atoms with van der Waals surface area (Å²) in [5.74, 6) is 0.793. The lowest BCUT2D eigenvalue weighted by Gasteiger charge is -2.31. The number of rotatable bonds is 10. The summed E-state index contributed by atoms with van der Waals surface area (Å²) in [6, 6.07) is 12.0. The Morgan fingerprint density at radius 3 is 2.10 bits per heavy atom. The molecule has 0 aliphatic rings. The number of hydrogen-bond acceptors (Lipinski definition) is 2. The maximum absolute atomic E-state index is 3.74. The van der Waals surface area contributed by atoms with E-state index < -0.39 is 0 Å². The molecule has 0 aliphatic heterocycles. The third kappa shape index (κ3) is 6.62. The third-order valence-electron chi connectivity index (χ3n) is 4.27. The second kappa shape index (κ2) is 9.97. The van der Waals surface area contributed by atoms with E-state index in [9.17, 15) is 0 Å². The summed E-state index contributed by atoms with van der Waals surface area (Å²) in [5.41, 5.74) is 1.42. The van der Waals surface area contributed by atoms with Gasteiger partial charge in [0.2, 0.25) is 0 Å². The van der Waals surface area contributed by atoms with Crippen molar-refractivity contribution in [2.45, 2.75) is 59.5 Å². The largest absolute Gasteiger partial charge is 0.312 e. The van der Waals surface area contributed by atoms with Gasteiger partial charge >= 0.3 is 0 Å². The summed E-state index contributed by atoms with van der Waals surface area (Å²) in [5, 5.41) is 3.74. The van der Waals surface area contributed by atoms with Crippen LogP contribution in [-0.4, -0.2) is 30.6 Å². The highest BCUT2D eigenvalue weighted by molar-refractivity contribution is 5.19. The Hall–Kier alpha value is -0.860. The second-order valence-corrected chi connectivity index (χ2v) is 6.43. The molecule has 120 valence electrons. The molecule has 0 radical (unpaired) electrons. The maximum Gasteiger partial charge on any atom is 0.0472 e. The SMILES string of the molecule is CCN(CC)C(CNC(C)CCC(C)C)c1ccccc1. The molecular formula is C19H34N2. The molecule has 0 saturated carbocycles. The molecule has 0 aromatic heterocycles. The van der Waals surface area contributed by atoms with Gasteiger partial charge in [-0.25, -0.2) is 0 Å². The van der Waals surface area contributed by atoms with E-state index >= 15 is 0 Å². The molecule has 0 aliphatic carbocycles. The van der Waals surface area contributed by atoms with Crippen LogP contribution in [0.3, 0.4) is 0 Å². The molecule has 2 nitrogen and oxygen atoms in total. The number of nitrogens with zero attached hydrogens (tertiary/aromatic N) is 1. The average Bonchev–Trinajstić information content (AvgIpc) is 2.50. The van der Waals surface area contributed by atoms with Gasteiger partial charge in [-0.1, -0.05) is 58.0 Å². The molecular weight excluding hydrogens is 256 g/mol. The van der Waals surface area contributed by atoms with E-state index in [-0.39, 0.29) is 0 Å². The molecule has 1 aromatic rings. The fourth-order valence-electron chi connectivity index (χ4n) is 2.80. The van der Waals surface area contributed by atoms with Gasteiger partial charge in [0.1, 0.15) is 0 Å². The maximum atomic E-state index is 3.74. The zero-order valence-corrected chi connectivity index (χ0v) is 14.6. The first-order chi connectivity index (χ1) is 10.1. The molecule has 1 rings (SSSR count). The molecule has 0 spiro atoms. The Bertz CT molecular complexity index is 357. The molecule has 0 heterocycles. The summed E-state index contributed by atoms with van der Waals surface area (Å²) >= 11 is 0. The van der Waals surface area contributed by atoms with Crippen molar-refractivity contribution < 1.29 is 0 Å². The molecule has 0 saturated heterocycles. The van der Waals surface area contributed by atoms with Crippen LogP contribution in [0.4, 0.5) is 0 Å². The van der Waals surface area contributed by atoms with Gasteiger partial charge in [0.25, 0.3) is 0 Å². The van der Waals surface area contributed by atoms with Crippen LogP contribution in [-0.2, 0) is 0 Å². The zero-order chi connectivity index (χ0) is 15.7. The van der Waals surface area contributed by atoms with Crippen LogP contribution < -0.4 is 5.32 Å². The molecule has 1 N–H and O–H groups in total. The highest BCUT2D eigenvalue weighted by Crippen LogP contribution is 2.20. The van der Waals surface area contributed by atoms with Gasteiger partial charge < -0.3 is 5.32 Å². The Morgan fingerprint density at radius 1 is 0.952 bits per heavy atom. The lowest BCUT2D eigenvalue weighted by molar-refractivity contribution is 0.208. The first-order valence-corrected chi connectivity index (χ1v) is 8.60. The quantitative estimate of drug-likeness (QED) is 0.683. The molecule has 2 unspecified atom stereocenters. The van der Waals surface area contributed by atoms with E-state index in [1.165, 1.54) is 18.4 Å². The smallest absolute Gasteiger partial charge is 0.0472 e. The van der Waals surface area contributed by atoms with Gasteiger partial charge in [-0.15, -0.1) is 0 Å². The van der Waals surface area contributed by atoms with Gasteiger partial charge in [-0.3, -0.25) is 4.90 Å². The van der Waals surface area contributed by atoms with E-state index in [1.807, 2.05) is 0 Å². The number of benzene rings is 1. The summed E-state index contributed by atoms with van der Waals surface area (Å²) in [6.07, 6.45) is 2.56. The predicted molar refractivity (Wildman–Crippen MR) is 93.6 cm³/mol. The van der Waals surface area contributed by atoms with Crippen molar-refractivity contribution in [3.63, 3.8) is 0 Å². The van der Waals surface area contributed by atoms with Gasteiger partial charge in [0.05, 0.1) is 0 Å². The lowest BCUT2D eigenvalue weighted by atomic mass is 10.0. The third-order valence-corrected chi connectivity index (χ3v) is 4.27. The minimum atomic E-state index is 0.475. The number of nitrogens with one attached hydrogen (secondary N) is 1. The van der Waals surface area contributed by atoms with Crippen LogP contribution in [0.15, 0.2) is 30.3 Å². The normalized spacial score (nSPS) is 14.6. The van der Waals surface area contributed by atoms with E-state index in [1.54, 1.807) is 0 Å². The van der Waals surface area contributed by atoms with Crippen LogP contribution in [0, 0.1) is 5.92 Å². The summed E-state index contributed by atoms with van der Waals surface area (Å²) in [4.78, 5) is 2.54. The Kier molecular flexibility index (Phi) is 8.63. The van der Waals surface area contributed by atoms with E-state index in [0.29, 0.717) is 12.1 Å². The second-order valence-electron chi connectivity index (χ2n) is 6.43. The summed E-state index contributed by atoms with van der Waals surface area (Å²) < 4.78 is 0. The van der Waals surface area contributed by atoms with Crippen molar-refractivity contribution in [2.24, 2.45) is 5.92 Å². The summed E-state index contributed by atoms with van der Waals surface area (Å²) in [7, 11) is 0. The highest BCUT2D eigenvalue weighted by Gasteiger charge is 2.18. The molecule has 1 aromatic carbocycles. The molecule has 0 bridgehead atoms. The van der Waals surface area contributed by atoms with Crippen molar-refractivity contribution >= 4 is 0 Å². The topological polar surface area (TPSA) is 15.3 Å². The van der Waals surface area contributed by atoms with Crippen LogP contribution in [0.25, 0.3) is 0 Å². The van der Waals surface area contributed by atoms with Crippen molar-refractivity contribution in [1.82, 2.24) is 10.2 Å². The number of hydrogen-bond donors (Lipinski definition) is 1. The van der Waals surface area contributed by atoms with Crippen molar-refractivity contribution in [3.8, 4) is 0 Å². The van der Waals surface area contributed by atoms with Crippen molar-refractivity contribution in [1.29, 1.82) is 0 Å². The molecule has 2 atom stereocenters. The van der Waals surface area contributed by atoms with Crippen molar-refractivity contribution in [3.05, 3.63) is 35.9 Å². The first-order valence-electron chi connectivity index (χ1n) is 8.60. The van der Waals surface area contributed by atoms with E-state index in [4.69, 9.17) is 0 Å². The lowest BCUT2D eigenvalue weighted by Crippen LogP contribution is -2.39. The van der Waals surface area contributed by atoms with E-state index in [2.05, 4.69) is 75.2 Å². The van der Waals surface area contributed by atoms with Gasteiger partial charge in [-0.2, -0.15) is 0 Å². The van der Waals surface area contributed by atoms with Crippen LogP contribution >= 0.6 is 0 Å². The van der Waals surface area contributed by atoms with Crippen LogP contribution in [0.2, 0.25) is 0 Å². The Morgan fingerprint density at radius 2 is 1.57 bits per heavy atom. The Labute approximate surface area is 131 Å². The molecule has 0 amide bonds. The van der Waals surface area contributed by atoms with Gasteiger partial charge in [0.15, 0.2) is 0 Å². The zero-order valence-electron chi connectivity index (χ0n) is 14.6. The fraction of sp³-hybridized carbons (Fsp3) is 0.684. The minimum absolute atomic E-state index is 0.475. The van der Waals surface area contributed by atoms with E-state index in [0.717, 1.165) is 25.6 Å². The highest BCUT2D eigenvalue weighted by atomic mass is 15.2. The fourth-order valence-corrected chi connectivity index (χ4v) is 2.80. The molecule has 21 heavy (non-hydrogen) atoms. The predicted octanol–water partition coefficient (Wildman–Crippen LogP) is 4.48. The first kappa shape index (κ1) is 18.2. The monoisotopic (exact) mass is 290 g/mol. The molecule has 0 fully saturated rings. The minimum Gasteiger partial charge on any atom is -0.312 e. The standard InChI is InChI=1S/C19H34N2/c1-6-21(7-2)19(18-11-9-8-10-12-18)15-20-17(5)14-13-16(3)4/h8-12,16-17,19-20H,6-7,13-15H2,1-5H3. The molecule has 2 heteroatoms. The summed E-state index contributed by atoms with van der Waals surface area (Å²) in [6.45, 7) is 14.6. The van der Waals surface area contributed by atoms with Crippen LogP contribution in [0.1, 0.15) is 59.1 Å².